The number of carbonyl (C=O) groups excluding carboxylic acids is 1. The van der Waals surface area contributed by atoms with Crippen LogP contribution in [0.5, 0.6) is 0 Å². The number of rotatable bonds is 0. The lowest BCUT2D eigenvalue weighted by atomic mass is 9.56. The van der Waals surface area contributed by atoms with E-state index in [0.29, 0.717) is 11.4 Å². The lowest BCUT2D eigenvalue weighted by Gasteiger charge is -2.58. The minimum atomic E-state index is -0.635. The van der Waals surface area contributed by atoms with Crippen molar-refractivity contribution in [2.24, 2.45) is 5.41 Å². The maximum atomic E-state index is 13.2. The fourth-order valence-corrected chi connectivity index (χ4v) is 8.05. The Hall–Kier alpha value is -1.54. The molecule has 7 rings (SSSR count). The molecule has 0 saturated carbocycles. The summed E-state index contributed by atoms with van der Waals surface area (Å²) < 4.78 is 0. The molecule has 0 radical (unpaired) electrons. The standard InChI is InChI=1S/C18H17N3O3S/c22-7-3-8-18-4-9(25-8)20-13-11(18)15-10-6(5-19-12(10)16(13)23)1-2-21(15)14(7)17(18)24/h3,5,7,9,14-15,17,19-20,22,24H,1-2,4H2/p+1/t7-,9+,14-,15?,17+,18-/m1/s1. The Morgan fingerprint density at radius 1 is 1.36 bits per heavy atom. The Kier molecular flexibility index (Phi) is 2.13. The van der Waals surface area contributed by atoms with E-state index in [2.05, 4.69) is 10.3 Å². The van der Waals surface area contributed by atoms with Gasteiger partial charge in [-0.3, -0.25) is 4.79 Å². The monoisotopic (exact) mass is 356 g/mol. The van der Waals surface area contributed by atoms with Crippen molar-refractivity contribution in [1.82, 2.24) is 10.3 Å². The van der Waals surface area contributed by atoms with Crippen LogP contribution in [0.1, 0.15) is 34.1 Å². The van der Waals surface area contributed by atoms with Gasteiger partial charge in [-0.1, -0.05) is 0 Å². The molecular weight excluding hydrogens is 338 g/mol. The smallest absolute Gasteiger partial charge is 0.225 e. The molecule has 6 nitrogen and oxygen atoms in total. The highest BCUT2D eigenvalue weighted by atomic mass is 32.2. The Morgan fingerprint density at radius 3 is 3.12 bits per heavy atom. The van der Waals surface area contributed by atoms with Crippen molar-refractivity contribution >= 4 is 17.5 Å². The van der Waals surface area contributed by atoms with Gasteiger partial charge in [-0.05, 0) is 23.0 Å². The Morgan fingerprint density at radius 2 is 2.24 bits per heavy atom. The molecule has 6 aliphatic rings. The number of aromatic nitrogens is 1. The summed E-state index contributed by atoms with van der Waals surface area (Å²) in [7, 11) is 0. The lowest BCUT2D eigenvalue weighted by Crippen LogP contribution is -3.21. The topological polar surface area (TPSA) is 89.8 Å². The van der Waals surface area contributed by atoms with E-state index in [1.54, 1.807) is 11.8 Å². The van der Waals surface area contributed by atoms with E-state index in [-0.39, 0.29) is 23.2 Å². The lowest BCUT2D eigenvalue weighted by molar-refractivity contribution is -0.965. The molecule has 128 valence electrons. The second-order valence-electron chi connectivity index (χ2n) is 8.15. The molecule has 4 aliphatic heterocycles. The second kappa shape index (κ2) is 3.91. The van der Waals surface area contributed by atoms with Crippen molar-refractivity contribution in [3.63, 3.8) is 0 Å². The molecule has 2 saturated heterocycles. The number of aliphatic hydroxyl groups is 2. The number of thioether (sulfide) groups is 1. The van der Waals surface area contributed by atoms with Gasteiger partial charge in [0.25, 0.3) is 0 Å². The number of hydrogen-bond donors (Lipinski definition) is 5. The molecule has 1 spiro atoms. The summed E-state index contributed by atoms with van der Waals surface area (Å²) in [6.45, 7) is 0.870. The first kappa shape index (κ1) is 13.6. The third kappa shape index (κ3) is 1.23. The van der Waals surface area contributed by atoms with E-state index in [1.807, 2.05) is 12.3 Å². The maximum Gasteiger partial charge on any atom is 0.225 e. The predicted octanol–water partition coefficient (Wildman–Crippen LogP) is -0.999. The van der Waals surface area contributed by atoms with E-state index in [1.165, 1.54) is 10.5 Å². The molecule has 3 bridgehead atoms. The fraction of sp³-hybridized carbons (Fsp3) is 0.500. The molecule has 5 heterocycles. The summed E-state index contributed by atoms with van der Waals surface area (Å²) in [5.74, 6) is 0.0384. The van der Waals surface area contributed by atoms with E-state index < -0.39 is 17.6 Å². The van der Waals surface area contributed by atoms with Gasteiger partial charge in [-0.2, -0.15) is 0 Å². The zero-order chi connectivity index (χ0) is 16.7. The summed E-state index contributed by atoms with van der Waals surface area (Å²) in [4.78, 5) is 18.7. The number of Topliss-reactive ketones (excluding diaryl/α,β-unsaturated/α-hetero) is 1. The zero-order valence-electron chi connectivity index (χ0n) is 13.4. The first-order valence-electron chi connectivity index (χ1n) is 8.98. The maximum absolute atomic E-state index is 13.2. The molecule has 7 heteroatoms. The molecule has 1 aromatic rings. The van der Waals surface area contributed by atoms with Gasteiger partial charge >= 0.3 is 0 Å². The Balaban J connectivity index is 1.63. The molecule has 1 aromatic heterocycles. The van der Waals surface area contributed by atoms with Crippen molar-refractivity contribution in [2.45, 2.75) is 42.5 Å². The number of carbonyl (C=O) groups is 1. The summed E-state index contributed by atoms with van der Waals surface area (Å²) in [5, 5.41) is 25.8. The molecule has 0 aromatic carbocycles. The summed E-state index contributed by atoms with van der Waals surface area (Å²) >= 11 is 1.68. The van der Waals surface area contributed by atoms with Crippen molar-refractivity contribution in [1.29, 1.82) is 0 Å². The van der Waals surface area contributed by atoms with Crippen LogP contribution in [0.4, 0.5) is 0 Å². The van der Waals surface area contributed by atoms with Crippen molar-refractivity contribution in [3.8, 4) is 0 Å². The number of nitrogens with one attached hydrogen (secondary N) is 3. The first-order chi connectivity index (χ1) is 12.1. The molecule has 7 atom stereocenters. The van der Waals surface area contributed by atoms with Gasteiger partial charge in [0.1, 0.15) is 24.3 Å². The molecule has 2 unspecified atom stereocenters. The first-order valence-corrected chi connectivity index (χ1v) is 9.86. The number of quaternary nitrogens is 1. The number of piperidine rings is 1. The van der Waals surface area contributed by atoms with E-state index >= 15 is 0 Å². The number of aromatic amines is 1. The van der Waals surface area contributed by atoms with Gasteiger partial charge in [0.15, 0.2) is 0 Å². The van der Waals surface area contributed by atoms with Gasteiger partial charge in [0.2, 0.25) is 5.78 Å². The van der Waals surface area contributed by atoms with Gasteiger partial charge in [-0.25, -0.2) is 0 Å². The highest BCUT2D eigenvalue weighted by Gasteiger charge is 2.71. The summed E-state index contributed by atoms with van der Waals surface area (Å²) in [5.41, 5.74) is 4.36. The molecular formula is C18H18N3O3S+. The van der Waals surface area contributed by atoms with Crippen molar-refractivity contribution in [3.05, 3.63) is 45.3 Å². The average molecular weight is 356 g/mol. The minimum Gasteiger partial charge on any atom is -0.385 e. The van der Waals surface area contributed by atoms with Crippen LogP contribution in [-0.4, -0.2) is 51.1 Å². The van der Waals surface area contributed by atoms with Crippen molar-refractivity contribution < 1.29 is 19.9 Å². The highest BCUT2D eigenvalue weighted by Crippen LogP contribution is 2.66. The van der Waals surface area contributed by atoms with Crippen LogP contribution in [0, 0.1) is 5.41 Å². The van der Waals surface area contributed by atoms with Crippen LogP contribution in [0.15, 0.2) is 28.4 Å². The number of allylic oxidation sites excluding steroid dienone is 1. The van der Waals surface area contributed by atoms with Gasteiger partial charge in [-0.15, -0.1) is 11.8 Å². The van der Waals surface area contributed by atoms with E-state index in [9.17, 15) is 15.0 Å². The van der Waals surface area contributed by atoms with E-state index in [4.69, 9.17) is 0 Å². The van der Waals surface area contributed by atoms with Crippen LogP contribution >= 0.6 is 11.8 Å². The molecule has 2 aliphatic carbocycles. The third-order valence-electron chi connectivity index (χ3n) is 7.33. The fourth-order valence-electron chi connectivity index (χ4n) is 6.48. The van der Waals surface area contributed by atoms with Crippen LogP contribution < -0.4 is 10.2 Å². The predicted molar refractivity (Wildman–Crippen MR) is 89.9 cm³/mol. The van der Waals surface area contributed by atoms with E-state index in [0.717, 1.165) is 35.4 Å². The summed E-state index contributed by atoms with van der Waals surface area (Å²) in [6, 6.07) is -0.156. The molecule has 5 N–H and O–H groups in total. The number of H-pyrrole nitrogens is 1. The number of aliphatic hydroxyl groups excluding tert-OH is 2. The molecule has 2 fully saturated rings. The second-order valence-corrected chi connectivity index (χ2v) is 9.39. The van der Waals surface area contributed by atoms with Crippen LogP contribution in [0.25, 0.3) is 0 Å². The number of hydrogen-bond acceptors (Lipinski definition) is 5. The van der Waals surface area contributed by atoms with Gasteiger partial charge in [0, 0.05) is 23.8 Å². The van der Waals surface area contributed by atoms with Gasteiger partial charge < -0.3 is 25.4 Å². The largest absolute Gasteiger partial charge is 0.385 e. The van der Waals surface area contributed by atoms with Gasteiger partial charge in [0.05, 0.1) is 28.7 Å². The SMILES string of the molecule is O=C1C2=C3C4c5c(c[nH]c51)CC[NH+]4[C@@H]1[C@H](O)C=C4S[C@@H](C[C@@]43[C@H]1O)N2. The quantitative estimate of drug-likeness (QED) is 0.412. The van der Waals surface area contributed by atoms with Crippen molar-refractivity contribution in [2.75, 3.05) is 6.54 Å². The average Bonchev–Trinajstić information content (AvgIpc) is 3.13. The molecule has 0 amide bonds. The number of ketones is 1. The number of fused-ring (bicyclic) bond motifs is 3. The molecule has 25 heavy (non-hydrogen) atoms. The third-order valence-corrected chi connectivity index (χ3v) is 8.65. The van der Waals surface area contributed by atoms with Crippen LogP contribution in [-0.2, 0) is 6.42 Å². The highest BCUT2D eigenvalue weighted by molar-refractivity contribution is 8.04. The minimum absolute atomic E-state index is 0.0384. The Labute approximate surface area is 148 Å². The normalized spacial score (nSPS) is 47.6. The Bertz CT molecular complexity index is 949. The zero-order valence-corrected chi connectivity index (χ0v) is 14.2. The van der Waals surface area contributed by atoms with Crippen LogP contribution in [0.2, 0.25) is 0 Å². The van der Waals surface area contributed by atoms with Crippen LogP contribution in [0.3, 0.4) is 0 Å². The summed E-state index contributed by atoms with van der Waals surface area (Å²) in [6.07, 6.45) is 4.35.